The lowest BCUT2D eigenvalue weighted by atomic mass is 9.79. The van der Waals surface area contributed by atoms with Gasteiger partial charge in [-0.3, -0.25) is 9.78 Å². The van der Waals surface area contributed by atoms with Gasteiger partial charge >= 0.3 is 5.97 Å². The number of halogens is 1. The van der Waals surface area contributed by atoms with Crippen LogP contribution in [0, 0.1) is 5.92 Å². The molecular weight excluding hydrogens is 510 g/mol. The van der Waals surface area contributed by atoms with Crippen LogP contribution in [0.1, 0.15) is 43.7 Å². The molecule has 3 N–H and O–H groups in total. The zero-order chi connectivity index (χ0) is 24.5. The highest BCUT2D eigenvalue weighted by atomic mass is 79.9. The normalized spacial score (nSPS) is 18.0. The summed E-state index contributed by atoms with van der Waals surface area (Å²) in [6.45, 7) is 0. The van der Waals surface area contributed by atoms with Gasteiger partial charge in [0.05, 0.1) is 29.2 Å². The number of nitrogens with zero attached hydrogens (tertiary/aromatic N) is 4. The maximum absolute atomic E-state index is 11.1. The molecular formula is C26H26BrN5O3. The average molecular weight is 536 g/mol. The summed E-state index contributed by atoms with van der Waals surface area (Å²) in [5.74, 6) is 1.03. The Kier molecular flexibility index (Phi) is 6.42. The van der Waals surface area contributed by atoms with Crippen molar-refractivity contribution in [3.8, 4) is 28.1 Å². The van der Waals surface area contributed by atoms with E-state index in [0.29, 0.717) is 11.5 Å². The van der Waals surface area contributed by atoms with E-state index in [0.717, 1.165) is 64.0 Å². The van der Waals surface area contributed by atoms with Crippen molar-refractivity contribution in [2.45, 2.75) is 38.0 Å². The first kappa shape index (κ1) is 23.3. The number of carboxylic acids is 1. The summed E-state index contributed by atoms with van der Waals surface area (Å²) in [5.41, 5.74) is 11.7. The van der Waals surface area contributed by atoms with E-state index in [1.54, 1.807) is 17.8 Å². The van der Waals surface area contributed by atoms with E-state index in [-0.39, 0.29) is 18.3 Å². The molecule has 4 aromatic rings. The smallest absolute Gasteiger partial charge is 0.303 e. The van der Waals surface area contributed by atoms with E-state index in [1.807, 2.05) is 42.6 Å². The van der Waals surface area contributed by atoms with Gasteiger partial charge in [-0.2, -0.15) is 9.61 Å². The Hall–Kier alpha value is -3.46. The summed E-state index contributed by atoms with van der Waals surface area (Å²) in [5, 5.41) is 13.6. The number of ether oxygens (including phenoxy) is 1. The summed E-state index contributed by atoms with van der Waals surface area (Å²) >= 11 is 3.64. The molecule has 1 aliphatic carbocycles. The molecule has 35 heavy (non-hydrogen) atoms. The second kappa shape index (κ2) is 9.65. The van der Waals surface area contributed by atoms with E-state index in [9.17, 15) is 4.79 Å². The molecule has 0 bridgehead atoms. The van der Waals surface area contributed by atoms with Gasteiger partial charge in [-0.15, -0.1) is 0 Å². The zero-order valence-electron chi connectivity index (χ0n) is 19.3. The van der Waals surface area contributed by atoms with Crippen molar-refractivity contribution in [1.82, 2.24) is 19.6 Å². The van der Waals surface area contributed by atoms with Gasteiger partial charge in [0.2, 0.25) is 0 Å². The SMILES string of the molecule is COc1ccc(-c2ccc(-c3cnn4c(N)c(Br)c(C5CCC(CC(=O)O)CC5)nc34)cn2)cc1. The molecule has 0 aliphatic heterocycles. The highest BCUT2D eigenvalue weighted by molar-refractivity contribution is 9.10. The van der Waals surface area contributed by atoms with Gasteiger partial charge in [-0.05, 0) is 77.9 Å². The third kappa shape index (κ3) is 4.60. The Bertz CT molecular complexity index is 1360. The number of carbonyl (C=O) groups is 1. The first-order valence-electron chi connectivity index (χ1n) is 11.6. The number of nitrogen functional groups attached to an aromatic ring is 1. The number of aromatic nitrogens is 4. The lowest BCUT2D eigenvalue weighted by molar-refractivity contribution is -0.138. The van der Waals surface area contributed by atoms with Crippen LogP contribution in [0.5, 0.6) is 5.75 Å². The highest BCUT2D eigenvalue weighted by Gasteiger charge is 2.28. The lowest BCUT2D eigenvalue weighted by Gasteiger charge is -2.28. The highest BCUT2D eigenvalue weighted by Crippen LogP contribution is 2.41. The second-order valence-electron chi connectivity index (χ2n) is 8.97. The summed E-state index contributed by atoms with van der Waals surface area (Å²) in [6, 6.07) is 11.8. The van der Waals surface area contributed by atoms with E-state index in [2.05, 4.69) is 26.0 Å². The fourth-order valence-corrected chi connectivity index (χ4v) is 5.44. The summed E-state index contributed by atoms with van der Waals surface area (Å²) in [6.07, 6.45) is 7.35. The van der Waals surface area contributed by atoms with Crippen molar-refractivity contribution < 1.29 is 14.6 Å². The quantitative estimate of drug-likeness (QED) is 0.332. The number of benzene rings is 1. The minimum atomic E-state index is -0.728. The molecule has 8 nitrogen and oxygen atoms in total. The van der Waals surface area contributed by atoms with Crippen LogP contribution in [0.15, 0.2) is 53.3 Å². The van der Waals surface area contributed by atoms with Crippen LogP contribution in [-0.4, -0.2) is 37.8 Å². The van der Waals surface area contributed by atoms with E-state index in [1.165, 1.54) is 0 Å². The number of methoxy groups -OCH3 is 1. The van der Waals surface area contributed by atoms with E-state index in [4.69, 9.17) is 20.6 Å². The number of pyridine rings is 1. The fraction of sp³-hybridized carbons (Fsp3) is 0.308. The summed E-state index contributed by atoms with van der Waals surface area (Å²) in [7, 11) is 1.65. The number of carboxylic acid groups (broad SMARTS) is 1. The van der Waals surface area contributed by atoms with Crippen molar-refractivity contribution >= 4 is 33.4 Å². The topological polar surface area (TPSA) is 116 Å². The van der Waals surface area contributed by atoms with E-state index < -0.39 is 5.97 Å². The predicted molar refractivity (Wildman–Crippen MR) is 137 cm³/mol. The lowest BCUT2D eigenvalue weighted by Crippen LogP contribution is -2.18. The molecule has 0 amide bonds. The van der Waals surface area contributed by atoms with Crippen molar-refractivity contribution in [1.29, 1.82) is 0 Å². The van der Waals surface area contributed by atoms with Gasteiger partial charge in [-0.1, -0.05) is 6.07 Å². The summed E-state index contributed by atoms with van der Waals surface area (Å²) in [4.78, 5) is 20.7. The van der Waals surface area contributed by atoms with Crippen LogP contribution in [-0.2, 0) is 4.79 Å². The molecule has 0 saturated heterocycles. The first-order valence-corrected chi connectivity index (χ1v) is 12.4. The predicted octanol–water partition coefficient (Wildman–Crippen LogP) is 5.56. The number of nitrogens with two attached hydrogens (primary N) is 1. The van der Waals surface area contributed by atoms with Crippen LogP contribution in [0.3, 0.4) is 0 Å². The average Bonchev–Trinajstić information content (AvgIpc) is 3.31. The van der Waals surface area contributed by atoms with Gasteiger partial charge in [0.25, 0.3) is 0 Å². The third-order valence-electron chi connectivity index (χ3n) is 6.81. The molecule has 3 heterocycles. The Labute approximate surface area is 211 Å². The molecule has 3 aromatic heterocycles. The second-order valence-corrected chi connectivity index (χ2v) is 9.76. The van der Waals surface area contributed by atoms with Gasteiger partial charge < -0.3 is 15.6 Å². The van der Waals surface area contributed by atoms with Crippen molar-refractivity contribution in [3.63, 3.8) is 0 Å². The Morgan fingerprint density at radius 2 is 1.83 bits per heavy atom. The number of hydrogen-bond donors (Lipinski definition) is 2. The molecule has 1 fully saturated rings. The van der Waals surface area contributed by atoms with Crippen molar-refractivity contribution in [2.24, 2.45) is 5.92 Å². The summed E-state index contributed by atoms with van der Waals surface area (Å²) < 4.78 is 7.64. The number of fused-ring (bicyclic) bond motifs is 1. The Morgan fingerprint density at radius 1 is 1.11 bits per heavy atom. The van der Waals surface area contributed by atoms with Crippen LogP contribution in [0.25, 0.3) is 28.0 Å². The standard InChI is InChI=1S/C26H26BrN5O3/c1-35-19-9-6-16(7-10-19)21-11-8-18(13-29-21)20-14-30-32-25(28)23(27)24(31-26(20)32)17-4-2-15(3-5-17)12-22(33)34/h6-11,13-15,17H,2-5,12,28H2,1H3,(H,33,34). The Balaban J connectivity index is 1.44. The van der Waals surface area contributed by atoms with Gasteiger partial charge in [0, 0.05) is 35.2 Å². The number of rotatable bonds is 6. The minimum Gasteiger partial charge on any atom is -0.497 e. The van der Waals surface area contributed by atoms with E-state index >= 15 is 0 Å². The van der Waals surface area contributed by atoms with Gasteiger partial charge in [0.15, 0.2) is 5.65 Å². The first-order chi connectivity index (χ1) is 16.9. The molecule has 180 valence electrons. The van der Waals surface area contributed by atoms with Crippen LogP contribution >= 0.6 is 15.9 Å². The maximum Gasteiger partial charge on any atom is 0.303 e. The number of aliphatic carboxylic acids is 1. The molecule has 0 atom stereocenters. The molecule has 5 rings (SSSR count). The third-order valence-corrected chi connectivity index (χ3v) is 7.62. The fourth-order valence-electron chi connectivity index (χ4n) is 4.86. The number of hydrogen-bond acceptors (Lipinski definition) is 6. The largest absolute Gasteiger partial charge is 0.497 e. The maximum atomic E-state index is 11.1. The van der Waals surface area contributed by atoms with Gasteiger partial charge in [0.1, 0.15) is 11.6 Å². The van der Waals surface area contributed by atoms with Crippen LogP contribution in [0.2, 0.25) is 0 Å². The monoisotopic (exact) mass is 535 g/mol. The minimum absolute atomic E-state index is 0.222. The molecule has 0 radical (unpaired) electrons. The molecule has 1 aliphatic rings. The molecule has 1 saturated carbocycles. The van der Waals surface area contributed by atoms with Crippen LogP contribution < -0.4 is 10.5 Å². The Morgan fingerprint density at radius 3 is 2.46 bits per heavy atom. The van der Waals surface area contributed by atoms with Crippen molar-refractivity contribution in [3.05, 3.63) is 59.0 Å². The van der Waals surface area contributed by atoms with Crippen molar-refractivity contribution in [2.75, 3.05) is 12.8 Å². The molecule has 1 aromatic carbocycles. The number of anilines is 1. The van der Waals surface area contributed by atoms with Crippen LogP contribution in [0.4, 0.5) is 5.82 Å². The zero-order valence-corrected chi connectivity index (χ0v) is 20.9. The molecule has 0 unspecified atom stereocenters. The van der Waals surface area contributed by atoms with Gasteiger partial charge in [-0.25, -0.2) is 4.98 Å². The molecule has 0 spiro atoms. The molecule has 9 heteroatoms.